The number of ether oxygens (including phenoxy) is 1. The second kappa shape index (κ2) is 4.59. The van der Waals surface area contributed by atoms with Gasteiger partial charge in [0.25, 0.3) is 0 Å². The zero-order valence-corrected chi connectivity index (χ0v) is 8.23. The smallest absolute Gasteiger partial charge is 0.391 e. The summed E-state index contributed by atoms with van der Waals surface area (Å²) in [7, 11) is 0. The Labute approximate surface area is 94.8 Å². The number of aromatic nitrogens is 1. The third-order valence-electron chi connectivity index (χ3n) is 1.75. The summed E-state index contributed by atoms with van der Waals surface area (Å²) < 4.78 is 88.9. The van der Waals surface area contributed by atoms with Crippen LogP contribution in [0.2, 0.25) is 0 Å². The number of aliphatic hydroxyl groups is 1. The quantitative estimate of drug-likeness (QED) is 0.846. The van der Waals surface area contributed by atoms with E-state index >= 15 is 0 Å². The number of pyridine rings is 1. The molecule has 0 saturated heterocycles. The summed E-state index contributed by atoms with van der Waals surface area (Å²) in [6.45, 7) is -1.51. The van der Waals surface area contributed by atoms with Gasteiger partial charge in [-0.3, -0.25) is 0 Å². The van der Waals surface area contributed by atoms with Gasteiger partial charge in [0.05, 0.1) is 18.4 Å². The molecule has 102 valence electrons. The minimum Gasteiger partial charge on any atom is -0.391 e. The molecule has 0 spiro atoms. The van der Waals surface area contributed by atoms with Gasteiger partial charge in [0.1, 0.15) is 5.56 Å². The maximum Gasteiger partial charge on any atom is 0.574 e. The maximum absolute atomic E-state index is 12.9. The molecule has 0 aromatic carbocycles. The van der Waals surface area contributed by atoms with Crippen molar-refractivity contribution in [2.24, 2.45) is 0 Å². The molecule has 0 saturated carbocycles. The summed E-state index contributed by atoms with van der Waals surface area (Å²) in [4.78, 5) is 2.73. The Morgan fingerprint density at radius 3 is 2.11 bits per heavy atom. The van der Waals surface area contributed by atoms with Crippen LogP contribution in [0.15, 0.2) is 6.20 Å². The molecule has 0 amide bonds. The molecule has 1 aromatic rings. The molecule has 0 aliphatic heterocycles. The summed E-state index contributed by atoms with van der Waals surface area (Å²) in [5.41, 5.74) is -3.46. The zero-order chi connectivity index (χ0) is 14.1. The highest BCUT2D eigenvalue weighted by molar-refractivity contribution is 5.37. The van der Waals surface area contributed by atoms with E-state index in [1.54, 1.807) is 0 Å². The molecular formula is C8H4F7NO2. The van der Waals surface area contributed by atoms with Crippen LogP contribution in [0.25, 0.3) is 0 Å². The third kappa shape index (κ3) is 3.22. The highest BCUT2D eigenvalue weighted by Crippen LogP contribution is 2.38. The van der Waals surface area contributed by atoms with Crippen LogP contribution < -0.4 is 4.74 Å². The van der Waals surface area contributed by atoms with E-state index in [0.717, 1.165) is 0 Å². The van der Waals surface area contributed by atoms with Gasteiger partial charge in [-0.05, 0) is 0 Å². The van der Waals surface area contributed by atoms with Crippen LogP contribution in [0, 0.1) is 5.82 Å². The van der Waals surface area contributed by atoms with Gasteiger partial charge in [-0.15, -0.1) is 13.2 Å². The highest BCUT2D eigenvalue weighted by Gasteiger charge is 2.41. The van der Waals surface area contributed by atoms with E-state index in [1.165, 1.54) is 0 Å². The average Bonchev–Trinajstić information content (AvgIpc) is 2.16. The molecule has 0 bridgehead atoms. The molecule has 1 aromatic heterocycles. The number of halogens is 7. The third-order valence-corrected chi connectivity index (χ3v) is 1.75. The van der Waals surface area contributed by atoms with Crippen LogP contribution in [-0.2, 0) is 12.8 Å². The number of aliphatic hydroxyl groups excluding tert-OH is 1. The molecule has 0 aliphatic rings. The van der Waals surface area contributed by atoms with E-state index in [4.69, 9.17) is 5.11 Å². The molecule has 18 heavy (non-hydrogen) atoms. The summed E-state index contributed by atoms with van der Waals surface area (Å²) in [5, 5.41) is 8.63. The first kappa shape index (κ1) is 14.5. The predicted octanol–water partition coefficient (Wildman–Crippen LogP) is 2.63. The van der Waals surface area contributed by atoms with E-state index in [1.807, 2.05) is 0 Å². The van der Waals surface area contributed by atoms with Gasteiger partial charge in [-0.25, -0.2) is 9.37 Å². The second-order valence-corrected chi connectivity index (χ2v) is 2.97. The van der Waals surface area contributed by atoms with E-state index in [-0.39, 0.29) is 6.20 Å². The van der Waals surface area contributed by atoms with Crippen molar-refractivity contribution in [3.8, 4) is 5.88 Å². The van der Waals surface area contributed by atoms with Gasteiger partial charge >= 0.3 is 12.5 Å². The SMILES string of the molecule is OCc1c(OC(F)(F)F)ncc(F)c1C(F)(F)F. The Kier molecular flexibility index (Phi) is 3.70. The number of hydrogen-bond acceptors (Lipinski definition) is 3. The molecule has 0 aliphatic carbocycles. The topological polar surface area (TPSA) is 42.4 Å². The normalized spacial score (nSPS) is 12.7. The molecule has 0 unspecified atom stereocenters. The largest absolute Gasteiger partial charge is 0.574 e. The zero-order valence-electron chi connectivity index (χ0n) is 8.23. The van der Waals surface area contributed by atoms with E-state index in [9.17, 15) is 30.7 Å². The Balaban J connectivity index is 3.39. The first-order valence-electron chi connectivity index (χ1n) is 4.17. The molecule has 1 heterocycles. The van der Waals surface area contributed by atoms with E-state index in [0.29, 0.717) is 0 Å². The van der Waals surface area contributed by atoms with Gasteiger partial charge in [0.2, 0.25) is 5.88 Å². The molecule has 1 rings (SSSR count). The minimum atomic E-state index is -5.31. The fourth-order valence-corrected chi connectivity index (χ4v) is 1.16. The van der Waals surface area contributed by atoms with E-state index in [2.05, 4.69) is 9.72 Å². The number of hydrogen-bond donors (Lipinski definition) is 1. The van der Waals surface area contributed by atoms with Crippen molar-refractivity contribution in [2.45, 2.75) is 19.1 Å². The fraction of sp³-hybridized carbons (Fsp3) is 0.375. The Morgan fingerprint density at radius 1 is 1.17 bits per heavy atom. The van der Waals surface area contributed by atoms with Crippen molar-refractivity contribution < 1.29 is 40.6 Å². The van der Waals surface area contributed by atoms with Gasteiger partial charge < -0.3 is 9.84 Å². The van der Waals surface area contributed by atoms with Gasteiger partial charge in [0.15, 0.2) is 5.82 Å². The Bertz CT molecular complexity index is 440. The number of nitrogens with zero attached hydrogens (tertiary/aromatic N) is 1. The van der Waals surface area contributed by atoms with Gasteiger partial charge in [-0.1, -0.05) is 0 Å². The maximum atomic E-state index is 12.9. The lowest BCUT2D eigenvalue weighted by atomic mass is 10.1. The average molecular weight is 279 g/mol. The highest BCUT2D eigenvalue weighted by atomic mass is 19.4. The fourth-order valence-electron chi connectivity index (χ4n) is 1.16. The summed E-state index contributed by atoms with van der Waals surface area (Å²) in [6, 6.07) is 0. The Hall–Kier alpha value is -1.58. The van der Waals surface area contributed by atoms with E-state index < -0.39 is 42.0 Å². The molecule has 0 atom stereocenters. The molecule has 3 nitrogen and oxygen atoms in total. The standard InChI is InChI=1S/C8H4F7NO2/c9-4-1-16-6(18-8(13,14)15)3(2-17)5(4)7(10,11)12/h1,17H,2H2. The second-order valence-electron chi connectivity index (χ2n) is 2.97. The van der Waals surface area contributed by atoms with Crippen molar-refractivity contribution in [3.63, 3.8) is 0 Å². The molecule has 10 heteroatoms. The van der Waals surface area contributed by atoms with Crippen molar-refractivity contribution in [3.05, 3.63) is 23.1 Å². The first-order valence-corrected chi connectivity index (χ1v) is 4.17. The molecule has 1 N–H and O–H groups in total. The molecule has 0 radical (unpaired) electrons. The molecular weight excluding hydrogens is 275 g/mol. The Morgan fingerprint density at radius 2 is 1.72 bits per heavy atom. The van der Waals surface area contributed by atoms with Crippen LogP contribution in [0.4, 0.5) is 30.7 Å². The minimum absolute atomic E-state index is 0.0664. The predicted molar refractivity (Wildman–Crippen MR) is 41.8 cm³/mol. The lowest BCUT2D eigenvalue weighted by Crippen LogP contribution is -2.21. The number of alkyl halides is 6. The van der Waals surface area contributed by atoms with Crippen molar-refractivity contribution in [1.82, 2.24) is 4.98 Å². The van der Waals surface area contributed by atoms with Crippen LogP contribution >= 0.6 is 0 Å². The molecule has 0 fully saturated rings. The number of rotatable bonds is 2. The van der Waals surface area contributed by atoms with Crippen LogP contribution in [0.3, 0.4) is 0 Å². The van der Waals surface area contributed by atoms with Crippen LogP contribution in [0.1, 0.15) is 11.1 Å². The summed E-state index contributed by atoms with van der Waals surface area (Å²) >= 11 is 0. The monoisotopic (exact) mass is 279 g/mol. The summed E-state index contributed by atoms with van der Waals surface area (Å²) in [6.07, 6.45) is -10.7. The summed E-state index contributed by atoms with van der Waals surface area (Å²) in [5.74, 6) is -3.44. The van der Waals surface area contributed by atoms with Gasteiger partial charge in [0, 0.05) is 0 Å². The lowest BCUT2D eigenvalue weighted by molar-refractivity contribution is -0.276. The van der Waals surface area contributed by atoms with Crippen LogP contribution in [0.5, 0.6) is 5.88 Å². The lowest BCUT2D eigenvalue weighted by Gasteiger charge is -2.16. The van der Waals surface area contributed by atoms with Crippen molar-refractivity contribution >= 4 is 0 Å². The first-order chi connectivity index (χ1) is 8.06. The van der Waals surface area contributed by atoms with Crippen molar-refractivity contribution in [2.75, 3.05) is 0 Å². The van der Waals surface area contributed by atoms with Gasteiger partial charge in [-0.2, -0.15) is 13.2 Å². The van der Waals surface area contributed by atoms with Crippen molar-refractivity contribution in [1.29, 1.82) is 0 Å². The van der Waals surface area contributed by atoms with Crippen LogP contribution in [-0.4, -0.2) is 16.5 Å².